The molecule has 0 aliphatic carbocycles. The van der Waals surface area contributed by atoms with Crippen molar-refractivity contribution in [1.82, 2.24) is 20.1 Å². The van der Waals surface area contributed by atoms with Crippen LogP contribution in [0.4, 0.5) is 10.1 Å². The molecule has 1 aromatic carbocycles. The Morgan fingerprint density at radius 1 is 1.52 bits per heavy atom. The summed E-state index contributed by atoms with van der Waals surface area (Å²) in [5.74, 6) is -0.795. The van der Waals surface area contributed by atoms with Crippen molar-refractivity contribution >= 4 is 11.6 Å². The number of nitrogens with zero attached hydrogens (tertiary/aromatic N) is 4. The first-order valence-electron chi connectivity index (χ1n) is 6.04. The summed E-state index contributed by atoms with van der Waals surface area (Å²) in [6, 6.07) is 3.00. The highest BCUT2D eigenvalue weighted by atomic mass is 19.1. The van der Waals surface area contributed by atoms with Crippen molar-refractivity contribution in [1.29, 1.82) is 0 Å². The smallest absolute Gasteiger partial charge is 0.305 e. The van der Waals surface area contributed by atoms with Crippen molar-refractivity contribution in [2.75, 3.05) is 6.54 Å². The third-order valence-electron chi connectivity index (χ3n) is 2.84. The number of carbonyl (C=O) groups is 1. The quantitative estimate of drug-likeness (QED) is 0.649. The topological polar surface area (TPSA) is 103 Å². The highest BCUT2D eigenvalue weighted by molar-refractivity contribution is 5.94. The third kappa shape index (κ3) is 3.38. The molecule has 0 unspecified atom stereocenters. The molecule has 21 heavy (non-hydrogen) atoms. The summed E-state index contributed by atoms with van der Waals surface area (Å²) in [5.41, 5.74) is -0.697. The van der Waals surface area contributed by atoms with Gasteiger partial charge < -0.3 is 9.88 Å². The van der Waals surface area contributed by atoms with Gasteiger partial charge >= 0.3 is 5.69 Å². The molecule has 1 N–H and O–H groups in total. The first kappa shape index (κ1) is 14.6. The van der Waals surface area contributed by atoms with Crippen molar-refractivity contribution in [3.63, 3.8) is 0 Å². The van der Waals surface area contributed by atoms with E-state index in [-0.39, 0.29) is 12.1 Å². The van der Waals surface area contributed by atoms with Crippen LogP contribution < -0.4 is 5.32 Å². The Kier molecular flexibility index (Phi) is 4.21. The van der Waals surface area contributed by atoms with Crippen LogP contribution >= 0.6 is 0 Å². The van der Waals surface area contributed by atoms with Crippen LogP contribution in [0, 0.1) is 15.9 Å². The zero-order valence-electron chi connectivity index (χ0n) is 11.1. The number of amides is 1. The average Bonchev–Trinajstić information content (AvgIpc) is 2.84. The van der Waals surface area contributed by atoms with E-state index in [4.69, 9.17) is 0 Å². The van der Waals surface area contributed by atoms with Gasteiger partial charge in [-0.2, -0.15) is 4.39 Å². The Labute approximate surface area is 118 Å². The second kappa shape index (κ2) is 6.07. The van der Waals surface area contributed by atoms with Gasteiger partial charge in [-0.05, 0) is 12.1 Å². The van der Waals surface area contributed by atoms with Crippen LogP contribution in [0.3, 0.4) is 0 Å². The van der Waals surface area contributed by atoms with E-state index in [1.165, 1.54) is 6.07 Å². The number of aryl methyl sites for hydroxylation is 1. The van der Waals surface area contributed by atoms with Crippen LogP contribution in [0.25, 0.3) is 0 Å². The van der Waals surface area contributed by atoms with Gasteiger partial charge in [0, 0.05) is 31.6 Å². The van der Waals surface area contributed by atoms with Crippen LogP contribution in [-0.4, -0.2) is 32.1 Å². The maximum absolute atomic E-state index is 13.2. The zero-order chi connectivity index (χ0) is 15.4. The molecule has 2 rings (SSSR count). The lowest BCUT2D eigenvalue weighted by atomic mass is 10.2. The lowest BCUT2D eigenvalue weighted by molar-refractivity contribution is -0.387. The maximum Gasteiger partial charge on any atom is 0.305 e. The van der Waals surface area contributed by atoms with Crippen molar-refractivity contribution < 1.29 is 14.1 Å². The Hall–Kier alpha value is -2.84. The van der Waals surface area contributed by atoms with Gasteiger partial charge in [-0.15, -0.1) is 10.2 Å². The molecule has 0 atom stereocenters. The second-order valence-corrected chi connectivity index (χ2v) is 4.29. The van der Waals surface area contributed by atoms with Crippen molar-refractivity contribution in [3.05, 3.63) is 51.8 Å². The summed E-state index contributed by atoms with van der Waals surface area (Å²) in [7, 11) is 1.78. The number of rotatable bonds is 5. The molecular formula is C12H12FN5O3. The molecule has 1 amide bonds. The molecule has 8 nitrogen and oxygen atoms in total. The van der Waals surface area contributed by atoms with Gasteiger partial charge in [-0.1, -0.05) is 0 Å². The SMILES string of the molecule is Cn1cnnc1CCNC(=O)c1ccc(F)c([N+](=O)[O-])c1. The fourth-order valence-electron chi connectivity index (χ4n) is 1.72. The lowest BCUT2D eigenvalue weighted by Crippen LogP contribution is -2.26. The fraction of sp³-hybridized carbons (Fsp3) is 0.250. The molecule has 0 bridgehead atoms. The highest BCUT2D eigenvalue weighted by Crippen LogP contribution is 2.18. The fourth-order valence-corrected chi connectivity index (χ4v) is 1.72. The van der Waals surface area contributed by atoms with Gasteiger partial charge in [0.1, 0.15) is 12.2 Å². The van der Waals surface area contributed by atoms with E-state index < -0.39 is 22.3 Å². The second-order valence-electron chi connectivity index (χ2n) is 4.29. The van der Waals surface area contributed by atoms with Gasteiger partial charge in [0.2, 0.25) is 5.82 Å². The molecular weight excluding hydrogens is 281 g/mol. The molecule has 0 saturated heterocycles. The summed E-state index contributed by atoms with van der Waals surface area (Å²) in [6.45, 7) is 0.288. The normalized spacial score (nSPS) is 10.4. The van der Waals surface area contributed by atoms with Gasteiger partial charge in [-0.25, -0.2) is 0 Å². The minimum Gasteiger partial charge on any atom is -0.352 e. The average molecular weight is 293 g/mol. The number of nitro benzene ring substituents is 1. The van der Waals surface area contributed by atoms with Gasteiger partial charge in [0.15, 0.2) is 0 Å². The van der Waals surface area contributed by atoms with E-state index in [9.17, 15) is 19.3 Å². The van der Waals surface area contributed by atoms with Crippen LogP contribution in [0.5, 0.6) is 0 Å². The molecule has 0 aliphatic rings. The lowest BCUT2D eigenvalue weighted by Gasteiger charge is -2.05. The summed E-state index contributed by atoms with van der Waals surface area (Å²) in [5, 5.41) is 20.8. The number of aromatic nitrogens is 3. The molecule has 9 heteroatoms. The summed E-state index contributed by atoms with van der Waals surface area (Å²) >= 11 is 0. The summed E-state index contributed by atoms with van der Waals surface area (Å²) < 4.78 is 14.9. The minimum absolute atomic E-state index is 0.0288. The van der Waals surface area contributed by atoms with E-state index in [1.807, 2.05) is 0 Å². The molecule has 0 radical (unpaired) electrons. The van der Waals surface area contributed by atoms with Crippen LogP contribution in [0.1, 0.15) is 16.2 Å². The number of hydrogen-bond donors (Lipinski definition) is 1. The molecule has 2 aromatic rings. The van der Waals surface area contributed by atoms with Crippen molar-refractivity contribution in [2.45, 2.75) is 6.42 Å². The standard InChI is InChI=1S/C12H12FN5O3/c1-17-7-15-16-11(17)4-5-14-12(19)8-2-3-9(13)10(6-8)18(20)21/h2-3,6-7H,4-5H2,1H3,(H,14,19). The van der Waals surface area contributed by atoms with Gasteiger partial charge in [-0.3, -0.25) is 14.9 Å². The van der Waals surface area contributed by atoms with Crippen molar-refractivity contribution in [3.8, 4) is 0 Å². The zero-order valence-corrected chi connectivity index (χ0v) is 11.1. The van der Waals surface area contributed by atoms with Crippen LogP contribution in [0.15, 0.2) is 24.5 Å². The van der Waals surface area contributed by atoms with E-state index in [1.54, 1.807) is 17.9 Å². The predicted molar refractivity (Wildman–Crippen MR) is 70.1 cm³/mol. The summed E-state index contributed by atoms with van der Waals surface area (Å²) in [6.07, 6.45) is 2.01. The Bertz CT molecular complexity index is 685. The number of nitrogens with one attached hydrogen (secondary N) is 1. The number of benzene rings is 1. The Morgan fingerprint density at radius 3 is 2.90 bits per heavy atom. The molecule has 110 valence electrons. The minimum atomic E-state index is -0.976. The number of hydrogen-bond acceptors (Lipinski definition) is 5. The van der Waals surface area contributed by atoms with E-state index >= 15 is 0 Å². The summed E-state index contributed by atoms with van der Waals surface area (Å²) in [4.78, 5) is 21.6. The first-order chi connectivity index (χ1) is 9.99. The Balaban J connectivity index is 1.99. The molecule has 0 aliphatic heterocycles. The number of carbonyl (C=O) groups excluding carboxylic acids is 1. The number of nitro groups is 1. The van der Waals surface area contributed by atoms with E-state index in [0.29, 0.717) is 12.2 Å². The molecule has 0 fully saturated rings. The van der Waals surface area contributed by atoms with E-state index in [2.05, 4.69) is 15.5 Å². The predicted octanol–water partition coefficient (Wildman–Crippen LogP) is 0.835. The highest BCUT2D eigenvalue weighted by Gasteiger charge is 2.17. The largest absolute Gasteiger partial charge is 0.352 e. The van der Waals surface area contributed by atoms with Gasteiger partial charge in [0.25, 0.3) is 5.91 Å². The molecule has 1 heterocycles. The molecule has 0 saturated carbocycles. The monoisotopic (exact) mass is 293 g/mol. The van der Waals surface area contributed by atoms with Crippen molar-refractivity contribution in [2.24, 2.45) is 7.05 Å². The third-order valence-corrected chi connectivity index (χ3v) is 2.84. The Morgan fingerprint density at radius 2 is 2.29 bits per heavy atom. The van der Waals surface area contributed by atoms with Crippen LogP contribution in [0.2, 0.25) is 0 Å². The molecule has 0 spiro atoms. The van der Waals surface area contributed by atoms with Gasteiger partial charge in [0.05, 0.1) is 4.92 Å². The first-order valence-corrected chi connectivity index (χ1v) is 6.04. The number of halogens is 1. The molecule has 1 aromatic heterocycles. The maximum atomic E-state index is 13.2. The van der Waals surface area contributed by atoms with Crippen LogP contribution in [-0.2, 0) is 13.5 Å². The van der Waals surface area contributed by atoms with E-state index in [0.717, 1.165) is 12.1 Å².